The van der Waals surface area contributed by atoms with Crippen molar-refractivity contribution in [3.05, 3.63) is 59.1 Å². The lowest BCUT2D eigenvalue weighted by molar-refractivity contribution is -0.147. The molecule has 8 nitrogen and oxygen atoms in total. The van der Waals surface area contributed by atoms with Gasteiger partial charge in [0.2, 0.25) is 5.91 Å². The number of hydrogen-bond acceptors (Lipinski definition) is 6. The summed E-state index contributed by atoms with van der Waals surface area (Å²) >= 11 is 5.84. The van der Waals surface area contributed by atoms with Gasteiger partial charge in [-0.3, -0.25) is 14.4 Å². The second-order valence-corrected chi connectivity index (χ2v) is 7.27. The van der Waals surface area contributed by atoms with Crippen LogP contribution in [0.1, 0.15) is 43.0 Å². The summed E-state index contributed by atoms with van der Waals surface area (Å²) in [6, 6.07) is 12.9. The number of ether oxygens (including phenoxy) is 2. The number of carbonyl (C=O) groups excluding carboxylic acids is 4. The number of anilines is 2. The first-order valence-electron chi connectivity index (χ1n) is 10.2. The molecule has 0 aliphatic heterocycles. The molecule has 0 unspecified atom stereocenters. The second kappa shape index (κ2) is 13.1. The summed E-state index contributed by atoms with van der Waals surface area (Å²) in [5, 5.41) is 5.63. The van der Waals surface area contributed by atoms with E-state index in [1.807, 2.05) is 6.92 Å². The Kier molecular flexibility index (Phi) is 10.2. The van der Waals surface area contributed by atoms with Crippen LogP contribution in [0.15, 0.2) is 48.5 Å². The predicted octanol–water partition coefficient (Wildman–Crippen LogP) is 4.20. The molecule has 2 N–H and O–H groups in total. The maximum atomic E-state index is 12.1. The average molecular weight is 461 g/mol. The monoisotopic (exact) mass is 460 g/mol. The van der Waals surface area contributed by atoms with Crippen LogP contribution in [0, 0.1) is 0 Å². The van der Waals surface area contributed by atoms with E-state index in [-0.39, 0.29) is 12.8 Å². The summed E-state index contributed by atoms with van der Waals surface area (Å²) in [7, 11) is 0. The number of esters is 2. The fourth-order valence-electron chi connectivity index (χ4n) is 2.54. The quantitative estimate of drug-likeness (QED) is 0.384. The molecule has 2 aromatic carbocycles. The van der Waals surface area contributed by atoms with Crippen LogP contribution in [0.4, 0.5) is 11.4 Å². The highest BCUT2D eigenvalue weighted by molar-refractivity contribution is 6.30. The lowest BCUT2D eigenvalue weighted by Crippen LogP contribution is -2.21. The van der Waals surface area contributed by atoms with Gasteiger partial charge in [-0.1, -0.05) is 37.1 Å². The molecule has 0 fully saturated rings. The van der Waals surface area contributed by atoms with Crippen LogP contribution in [0.3, 0.4) is 0 Å². The van der Waals surface area contributed by atoms with Gasteiger partial charge in [-0.25, -0.2) is 4.79 Å². The Hall–Kier alpha value is -3.39. The SMILES string of the molecule is CCCCOC(=O)c1cccc(NC(=O)CCC(=O)OCC(=O)Nc2cccc(Cl)c2)c1. The molecule has 0 radical (unpaired) electrons. The number of carbonyl (C=O) groups is 4. The minimum Gasteiger partial charge on any atom is -0.462 e. The molecular weight excluding hydrogens is 436 g/mol. The van der Waals surface area contributed by atoms with Gasteiger partial charge in [-0.05, 0) is 42.8 Å². The Morgan fingerprint density at radius 2 is 1.56 bits per heavy atom. The average Bonchev–Trinajstić information content (AvgIpc) is 2.76. The van der Waals surface area contributed by atoms with Crippen LogP contribution in [-0.2, 0) is 23.9 Å². The van der Waals surface area contributed by atoms with E-state index in [9.17, 15) is 19.2 Å². The van der Waals surface area contributed by atoms with Crippen molar-refractivity contribution in [2.24, 2.45) is 0 Å². The number of amides is 2. The third kappa shape index (κ3) is 9.18. The van der Waals surface area contributed by atoms with Crippen LogP contribution in [-0.4, -0.2) is 37.0 Å². The second-order valence-electron chi connectivity index (χ2n) is 6.84. The van der Waals surface area contributed by atoms with Crippen LogP contribution in [0.5, 0.6) is 0 Å². The van der Waals surface area contributed by atoms with Crippen LogP contribution in [0.25, 0.3) is 0 Å². The van der Waals surface area contributed by atoms with Gasteiger partial charge in [-0.15, -0.1) is 0 Å². The molecule has 0 aliphatic rings. The normalized spacial score (nSPS) is 10.2. The van der Waals surface area contributed by atoms with Crippen molar-refractivity contribution < 1.29 is 28.7 Å². The summed E-state index contributed by atoms with van der Waals surface area (Å²) in [6.07, 6.45) is 1.36. The van der Waals surface area contributed by atoms with E-state index in [0.29, 0.717) is 28.6 Å². The Labute approximate surface area is 191 Å². The highest BCUT2D eigenvalue weighted by atomic mass is 35.5. The zero-order valence-electron chi connectivity index (χ0n) is 17.7. The Morgan fingerprint density at radius 1 is 0.875 bits per heavy atom. The first-order chi connectivity index (χ1) is 15.4. The Bertz CT molecular complexity index is 963. The van der Waals surface area contributed by atoms with Gasteiger partial charge in [0, 0.05) is 22.8 Å². The highest BCUT2D eigenvalue weighted by Crippen LogP contribution is 2.15. The molecule has 2 aromatic rings. The minimum atomic E-state index is -0.686. The molecule has 170 valence electrons. The molecule has 0 atom stereocenters. The summed E-state index contributed by atoms with van der Waals surface area (Å²) in [6.45, 7) is 1.86. The lowest BCUT2D eigenvalue weighted by atomic mass is 10.2. The summed E-state index contributed by atoms with van der Waals surface area (Å²) in [5.41, 5.74) is 1.22. The Morgan fingerprint density at radius 3 is 2.28 bits per heavy atom. The van der Waals surface area contributed by atoms with Crippen LogP contribution >= 0.6 is 11.6 Å². The van der Waals surface area contributed by atoms with Crippen molar-refractivity contribution in [3.8, 4) is 0 Å². The largest absolute Gasteiger partial charge is 0.462 e. The molecular formula is C23H25ClN2O6. The van der Waals surface area contributed by atoms with Crippen molar-refractivity contribution in [1.29, 1.82) is 0 Å². The maximum Gasteiger partial charge on any atom is 0.338 e. The van der Waals surface area contributed by atoms with Crippen LogP contribution < -0.4 is 10.6 Å². The van der Waals surface area contributed by atoms with E-state index < -0.39 is 30.4 Å². The molecule has 0 bridgehead atoms. The zero-order valence-corrected chi connectivity index (χ0v) is 18.4. The van der Waals surface area contributed by atoms with Gasteiger partial charge in [0.05, 0.1) is 18.6 Å². The number of unbranched alkanes of at least 4 members (excludes halogenated alkanes) is 1. The fraction of sp³-hybridized carbons (Fsp3) is 0.304. The van der Waals surface area contributed by atoms with Gasteiger partial charge in [0.15, 0.2) is 6.61 Å². The third-order valence-electron chi connectivity index (χ3n) is 4.14. The van der Waals surface area contributed by atoms with Crippen molar-refractivity contribution in [2.75, 3.05) is 23.8 Å². The van der Waals surface area contributed by atoms with E-state index >= 15 is 0 Å². The molecule has 0 saturated carbocycles. The summed E-state index contributed by atoms with van der Waals surface area (Å²) < 4.78 is 10.0. The molecule has 2 amide bonds. The lowest BCUT2D eigenvalue weighted by Gasteiger charge is -2.08. The van der Waals surface area contributed by atoms with E-state index in [4.69, 9.17) is 21.1 Å². The van der Waals surface area contributed by atoms with E-state index in [0.717, 1.165) is 12.8 Å². The predicted molar refractivity (Wildman–Crippen MR) is 121 cm³/mol. The molecule has 0 aromatic heterocycles. The molecule has 2 rings (SSSR count). The van der Waals surface area contributed by atoms with Gasteiger partial charge in [-0.2, -0.15) is 0 Å². The number of nitrogens with one attached hydrogen (secondary N) is 2. The van der Waals surface area contributed by atoms with Gasteiger partial charge >= 0.3 is 11.9 Å². The fourth-order valence-corrected chi connectivity index (χ4v) is 2.73. The van der Waals surface area contributed by atoms with Crippen LogP contribution in [0.2, 0.25) is 5.02 Å². The number of halogens is 1. The molecule has 0 heterocycles. The molecule has 0 saturated heterocycles. The molecule has 0 aliphatic carbocycles. The molecule has 32 heavy (non-hydrogen) atoms. The van der Waals surface area contributed by atoms with Crippen molar-refractivity contribution in [1.82, 2.24) is 0 Å². The number of benzene rings is 2. The smallest absolute Gasteiger partial charge is 0.338 e. The maximum absolute atomic E-state index is 12.1. The zero-order chi connectivity index (χ0) is 23.3. The van der Waals surface area contributed by atoms with E-state index in [1.165, 1.54) is 6.07 Å². The Balaban J connectivity index is 1.72. The van der Waals surface area contributed by atoms with Crippen molar-refractivity contribution in [3.63, 3.8) is 0 Å². The number of rotatable bonds is 11. The van der Waals surface area contributed by atoms with Gasteiger partial charge < -0.3 is 20.1 Å². The first-order valence-corrected chi connectivity index (χ1v) is 10.5. The topological polar surface area (TPSA) is 111 Å². The third-order valence-corrected chi connectivity index (χ3v) is 4.38. The van der Waals surface area contributed by atoms with Gasteiger partial charge in [0.25, 0.3) is 5.91 Å². The summed E-state index contributed by atoms with van der Waals surface area (Å²) in [4.78, 5) is 47.7. The van der Waals surface area contributed by atoms with Crippen molar-refractivity contribution in [2.45, 2.75) is 32.6 Å². The number of hydrogen-bond donors (Lipinski definition) is 2. The summed E-state index contributed by atoms with van der Waals surface area (Å²) in [5.74, 6) is -2.10. The minimum absolute atomic E-state index is 0.139. The standard InChI is InChI=1S/C23H25ClN2O6/c1-2-3-12-31-23(30)16-6-4-8-18(13-16)25-20(27)10-11-22(29)32-15-21(28)26-19-9-5-7-17(24)14-19/h4-9,13-14H,2-3,10-12,15H2,1H3,(H,25,27)(H,26,28). The molecule has 9 heteroatoms. The van der Waals surface area contributed by atoms with E-state index in [1.54, 1.807) is 42.5 Å². The first kappa shape index (κ1) is 24.9. The highest BCUT2D eigenvalue weighted by Gasteiger charge is 2.12. The van der Waals surface area contributed by atoms with Gasteiger partial charge in [0.1, 0.15) is 0 Å². The van der Waals surface area contributed by atoms with Crippen molar-refractivity contribution >= 4 is 46.7 Å². The molecule has 0 spiro atoms. The van der Waals surface area contributed by atoms with E-state index in [2.05, 4.69) is 10.6 Å².